The molecule has 0 aliphatic carbocycles. The number of alkyl halides is 3. The van der Waals surface area contributed by atoms with Gasteiger partial charge in [-0.3, -0.25) is 4.55 Å². The van der Waals surface area contributed by atoms with E-state index in [9.17, 15) is 13.2 Å². The molecule has 0 saturated heterocycles. The van der Waals surface area contributed by atoms with E-state index in [-0.39, 0.29) is 17.1 Å². The zero-order valence-corrected chi connectivity index (χ0v) is 5.68. The summed E-state index contributed by atoms with van der Waals surface area (Å²) in [4.78, 5) is 0. The summed E-state index contributed by atoms with van der Waals surface area (Å²) in [6.45, 7) is 0. The summed E-state index contributed by atoms with van der Waals surface area (Å²) in [6, 6.07) is 0. The van der Waals surface area contributed by atoms with Crippen LogP contribution in [0.15, 0.2) is 0 Å². The summed E-state index contributed by atoms with van der Waals surface area (Å²) < 4.78 is 57.5. The fraction of sp³-hybridized carbons (Fsp3) is 1.00. The molecule has 0 amide bonds. The fourth-order valence-electron chi connectivity index (χ4n) is 0. The maximum atomic E-state index is 10.7. The standard InChI is InChI=1S/CHF3O3S.Mn/c2-1(3,4)8(5,6)7;/h(H,5,6,7);. The zero-order chi connectivity index (χ0) is 7.00. The van der Waals surface area contributed by atoms with Crippen LogP contribution in [0, 0.1) is 0 Å². The van der Waals surface area contributed by atoms with Crippen molar-refractivity contribution in [1.82, 2.24) is 0 Å². The van der Waals surface area contributed by atoms with Gasteiger partial charge in [-0.05, 0) is 0 Å². The van der Waals surface area contributed by atoms with E-state index < -0.39 is 15.6 Å². The van der Waals surface area contributed by atoms with E-state index in [4.69, 9.17) is 13.0 Å². The molecule has 0 heterocycles. The minimum atomic E-state index is -5.84. The predicted molar refractivity (Wildman–Crippen MR) is 17.6 cm³/mol. The number of rotatable bonds is 0. The van der Waals surface area contributed by atoms with E-state index >= 15 is 0 Å². The van der Waals surface area contributed by atoms with E-state index in [1.807, 2.05) is 0 Å². The first-order valence-electron chi connectivity index (χ1n) is 1.29. The van der Waals surface area contributed by atoms with Crippen LogP contribution in [0.4, 0.5) is 13.2 Å². The molecule has 9 heavy (non-hydrogen) atoms. The van der Waals surface area contributed by atoms with Gasteiger partial charge in [-0.15, -0.1) is 0 Å². The molecule has 57 valence electrons. The molecule has 0 aromatic carbocycles. The second-order valence-corrected chi connectivity index (χ2v) is 2.33. The molecule has 0 fully saturated rings. The SMILES string of the molecule is O=S(=O)(O)C(F)(F)F.[Mn]. The van der Waals surface area contributed by atoms with Crippen molar-refractivity contribution in [3.05, 3.63) is 0 Å². The molecule has 0 spiro atoms. The maximum Gasteiger partial charge on any atom is 0.522 e. The molecule has 0 unspecified atom stereocenters. The largest absolute Gasteiger partial charge is 0.522 e. The van der Waals surface area contributed by atoms with E-state index in [0.717, 1.165) is 0 Å². The Kier molecular flexibility index (Phi) is 3.81. The zero-order valence-electron chi connectivity index (χ0n) is 3.68. The predicted octanol–water partition coefficient (Wildman–Crippen LogP) is 0.392. The number of hydrogen-bond donors (Lipinski definition) is 1. The van der Waals surface area contributed by atoms with Crippen molar-refractivity contribution < 1.29 is 43.2 Å². The molecule has 8 heteroatoms. The van der Waals surface area contributed by atoms with Gasteiger partial charge in [-0.25, -0.2) is 0 Å². The van der Waals surface area contributed by atoms with E-state index in [1.165, 1.54) is 0 Å². The molecule has 0 atom stereocenters. The van der Waals surface area contributed by atoms with Gasteiger partial charge in [0.25, 0.3) is 0 Å². The minimum Gasteiger partial charge on any atom is -0.279 e. The van der Waals surface area contributed by atoms with Crippen molar-refractivity contribution in [2.45, 2.75) is 5.51 Å². The van der Waals surface area contributed by atoms with Crippen LogP contribution in [0.1, 0.15) is 0 Å². The topological polar surface area (TPSA) is 54.4 Å². The first-order chi connectivity index (χ1) is 3.25. The van der Waals surface area contributed by atoms with Gasteiger partial charge in [0.1, 0.15) is 0 Å². The Balaban J connectivity index is 0. The summed E-state index contributed by atoms with van der Waals surface area (Å²) in [6.07, 6.45) is 0. The van der Waals surface area contributed by atoms with Gasteiger partial charge < -0.3 is 0 Å². The van der Waals surface area contributed by atoms with Crippen molar-refractivity contribution in [3.63, 3.8) is 0 Å². The fourth-order valence-corrected chi connectivity index (χ4v) is 0. The second-order valence-electron chi connectivity index (χ2n) is 0.921. The Labute approximate surface area is 59.5 Å². The van der Waals surface area contributed by atoms with Gasteiger partial charge >= 0.3 is 15.6 Å². The van der Waals surface area contributed by atoms with Gasteiger partial charge in [0.15, 0.2) is 0 Å². The Morgan fingerprint density at radius 1 is 1.22 bits per heavy atom. The normalized spacial score (nSPS) is 12.4. The molecule has 0 saturated carbocycles. The van der Waals surface area contributed by atoms with Crippen LogP contribution in [0.3, 0.4) is 0 Å². The molecule has 3 nitrogen and oxygen atoms in total. The van der Waals surface area contributed by atoms with Gasteiger partial charge in [0.05, 0.1) is 0 Å². The molecule has 1 N–H and O–H groups in total. The van der Waals surface area contributed by atoms with E-state index in [2.05, 4.69) is 0 Å². The van der Waals surface area contributed by atoms with Gasteiger partial charge in [-0.1, -0.05) is 0 Å². The maximum absolute atomic E-state index is 10.7. The molecule has 1 radical (unpaired) electrons. The average molecular weight is 205 g/mol. The van der Waals surface area contributed by atoms with Crippen LogP contribution in [0.5, 0.6) is 0 Å². The van der Waals surface area contributed by atoms with Crippen LogP contribution in [-0.4, -0.2) is 18.5 Å². The Morgan fingerprint density at radius 3 is 1.33 bits per heavy atom. The molecule has 0 rings (SSSR count). The molecular weight excluding hydrogens is 204 g/mol. The summed E-state index contributed by atoms with van der Waals surface area (Å²) in [5.74, 6) is 0. The van der Waals surface area contributed by atoms with Crippen LogP contribution in [-0.2, 0) is 27.2 Å². The van der Waals surface area contributed by atoms with E-state index in [1.54, 1.807) is 0 Å². The summed E-state index contributed by atoms with van der Waals surface area (Å²) in [7, 11) is -5.84. The third-order valence-electron chi connectivity index (χ3n) is 0.292. The molecular formula is CHF3MnO3S. The van der Waals surface area contributed by atoms with Crippen LogP contribution >= 0.6 is 0 Å². The van der Waals surface area contributed by atoms with Gasteiger partial charge in [0, 0.05) is 17.1 Å². The third-order valence-corrected chi connectivity index (χ3v) is 0.877. The van der Waals surface area contributed by atoms with Crippen molar-refractivity contribution in [2.24, 2.45) is 0 Å². The van der Waals surface area contributed by atoms with Crippen molar-refractivity contribution in [3.8, 4) is 0 Å². The second kappa shape index (κ2) is 2.87. The van der Waals surface area contributed by atoms with Crippen molar-refractivity contribution in [2.75, 3.05) is 0 Å². The monoisotopic (exact) mass is 205 g/mol. The first kappa shape index (κ1) is 12.0. The molecule has 0 aliphatic rings. The van der Waals surface area contributed by atoms with Crippen LogP contribution in [0.2, 0.25) is 0 Å². The number of hydrogen-bond acceptors (Lipinski definition) is 2. The quantitative estimate of drug-likeness (QED) is 0.353. The smallest absolute Gasteiger partial charge is 0.279 e. The van der Waals surface area contributed by atoms with Crippen LogP contribution in [0.25, 0.3) is 0 Å². The number of halogens is 3. The summed E-state index contributed by atoms with van der Waals surface area (Å²) >= 11 is 0. The third kappa shape index (κ3) is 3.74. The average Bonchev–Trinajstić information content (AvgIpc) is 1.25. The Morgan fingerprint density at radius 2 is 1.33 bits per heavy atom. The Hall–Kier alpha value is 0.219. The molecule has 0 aromatic rings. The van der Waals surface area contributed by atoms with Crippen molar-refractivity contribution in [1.29, 1.82) is 0 Å². The van der Waals surface area contributed by atoms with Crippen LogP contribution < -0.4 is 0 Å². The molecule has 0 aliphatic heterocycles. The van der Waals surface area contributed by atoms with Gasteiger partial charge in [-0.2, -0.15) is 21.6 Å². The summed E-state index contributed by atoms with van der Waals surface area (Å²) in [5.41, 5.74) is -5.53. The minimum absolute atomic E-state index is 0. The van der Waals surface area contributed by atoms with Crippen molar-refractivity contribution >= 4 is 10.1 Å². The van der Waals surface area contributed by atoms with Gasteiger partial charge in [0.2, 0.25) is 0 Å². The molecule has 0 aromatic heterocycles. The summed E-state index contributed by atoms with van der Waals surface area (Å²) in [5, 5.41) is 0. The Bertz CT molecular complexity index is 168. The van der Waals surface area contributed by atoms with E-state index in [0.29, 0.717) is 0 Å². The molecule has 0 bridgehead atoms. The first-order valence-corrected chi connectivity index (χ1v) is 2.73.